The van der Waals surface area contributed by atoms with Gasteiger partial charge < -0.3 is 15.0 Å². The Morgan fingerprint density at radius 2 is 1.96 bits per heavy atom. The number of nitrogens with zero attached hydrogens (tertiary/aromatic N) is 1. The molecule has 0 aliphatic carbocycles. The summed E-state index contributed by atoms with van der Waals surface area (Å²) < 4.78 is 5.61. The fraction of sp³-hybridized carbons (Fsp3) is 0.300. The fourth-order valence-corrected chi connectivity index (χ4v) is 2.85. The van der Waals surface area contributed by atoms with Crippen LogP contribution in [0.5, 0.6) is 5.75 Å². The second-order valence-corrected chi connectivity index (χ2v) is 6.60. The maximum atomic E-state index is 12.3. The molecule has 130 valence electrons. The van der Waals surface area contributed by atoms with Crippen molar-refractivity contribution in [3.05, 3.63) is 59.7 Å². The number of ether oxygens (including phenoxy) is 1. The van der Waals surface area contributed by atoms with E-state index in [0.29, 0.717) is 36.0 Å². The van der Waals surface area contributed by atoms with Gasteiger partial charge in [0.2, 0.25) is 0 Å². The number of carbonyl (C=O) groups excluding carboxylic acids is 2. The van der Waals surface area contributed by atoms with Crippen LogP contribution in [0.15, 0.2) is 48.5 Å². The Morgan fingerprint density at radius 3 is 2.68 bits per heavy atom. The van der Waals surface area contributed by atoms with Gasteiger partial charge in [-0.15, -0.1) is 0 Å². The molecular formula is C20H22N2O3. The lowest BCUT2D eigenvalue weighted by molar-refractivity contribution is -0.133. The van der Waals surface area contributed by atoms with E-state index in [1.807, 2.05) is 30.3 Å². The van der Waals surface area contributed by atoms with Crippen molar-refractivity contribution in [1.29, 1.82) is 0 Å². The van der Waals surface area contributed by atoms with Crippen LogP contribution in [0.2, 0.25) is 0 Å². The Balaban J connectivity index is 1.79. The van der Waals surface area contributed by atoms with E-state index in [4.69, 9.17) is 4.74 Å². The summed E-state index contributed by atoms with van der Waals surface area (Å²) in [5.74, 6) is 0.897. The van der Waals surface area contributed by atoms with Gasteiger partial charge in [-0.05, 0) is 36.2 Å². The number of rotatable bonds is 4. The average molecular weight is 338 g/mol. The molecule has 5 nitrogen and oxygen atoms in total. The highest BCUT2D eigenvalue weighted by Crippen LogP contribution is 2.27. The van der Waals surface area contributed by atoms with Gasteiger partial charge >= 0.3 is 0 Å². The van der Waals surface area contributed by atoms with Gasteiger partial charge in [0, 0.05) is 29.9 Å². The normalized spacial score (nSPS) is 13.9. The van der Waals surface area contributed by atoms with E-state index in [1.165, 1.54) is 0 Å². The summed E-state index contributed by atoms with van der Waals surface area (Å²) in [5.41, 5.74) is 2.19. The van der Waals surface area contributed by atoms with Gasteiger partial charge in [-0.2, -0.15) is 0 Å². The summed E-state index contributed by atoms with van der Waals surface area (Å²) >= 11 is 0. The van der Waals surface area contributed by atoms with Crippen LogP contribution in [0.4, 0.5) is 5.69 Å². The third-order valence-corrected chi connectivity index (χ3v) is 4.00. The van der Waals surface area contributed by atoms with Crippen LogP contribution in [0.3, 0.4) is 0 Å². The molecule has 0 atom stereocenters. The molecule has 1 aliphatic rings. The third-order valence-electron chi connectivity index (χ3n) is 4.00. The Kier molecular flexibility index (Phi) is 5.03. The van der Waals surface area contributed by atoms with Gasteiger partial charge in [0.1, 0.15) is 5.75 Å². The predicted molar refractivity (Wildman–Crippen MR) is 96.6 cm³/mol. The second kappa shape index (κ2) is 7.38. The molecule has 25 heavy (non-hydrogen) atoms. The Hall–Kier alpha value is -2.82. The Bertz CT molecular complexity index is 772. The van der Waals surface area contributed by atoms with E-state index in [0.717, 1.165) is 5.56 Å². The summed E-state index contributed by atoms with van der Waals surface area (Å²) in [7, 11) is 0. The van der Waals surface area contributed by atoms with Crippen molar-refractivity contribution in [3.63, 3.8) is 0 Å². The molecule has 0 radical (unpaired) electrons. The first-order valence-electron chi connectivity index (χ1n) is 8.43. The molecule has 0 aromatic heterocycles. The van der Waals surface area contributed by atoms with E-state index in [9.17, 15) is 9.59 Å². The molecule has 0 saturated carbocycles. The number of benzene rings is 2. The molecule has 2 aromatic rings. The SMILES string of the molecule is CC(C)CN1Cc2cc(NC(=O)c3ccccc3)ccc2OCC1=O. The minimum absolute atomic E-state index is 0.0141. The van der Waals surface area contributed by atoms with E-state index < -0.39 is 0 Å². The van der Waals surface area contributed by atoms with Crippen molar-refractivity contribution < 1.29 is 14.3 Å². The van der Waals surface area contributed by atoms with Crippen LogP contribution in [0, 0.1) is 5.92 Å². The quantitative estimate of drug-likeness (QED) is 0.930. The Labute approximate surface area is 147 Å². The van der Waals surface area contributed by atoms with Gasteiger partial charge in [0.05, 0.1) is 0 Å². The highest BCUT2D eigenvalue weighted by atomic mass is 16.5. The zero-order valence-electron chi connectivity index (χ0n) is 14.5. The number of hydrogen-bond donors (Lipinski definition) is 1. The van der Waals surface area contributed by atoms with E-state index in [2.05, 4.69) is 19.2 Å². The van der Waals surface area contributed by atoms with Crippen molar-refractivity contribution in [2.45, 2.75) is 20.4 Å². The lowest BCUT2D eigenvalue weighted by Crippen LogP contribution is -2.35. The number of amides is 2. The zero-order valence-corrected chi connectivity index (χ0v) is 14.5. The molecule has 0 saturated heterocycles. The first-order valence-corrected chi connectivity index (χ1v) is 8.43. The smallest absolute Gasteiger partial charge is 0.260 e. The van der Waals surface area contributed by atoms with Crippen LogP contribution in [0.25, 0.3) is 0 Å². The van der Waals surface area contributed by atoms with Crippen LogP contribution in [-0.4, -0.2) is 29.9 Å². The minimum atomic E-state index is -0.162. The van der Waals surface area contributed by atoms with Crippen LogP contribution in [-0.2, 0) is 11.3 Å². The summed E-state index contributed by atoms with van der Waals surface area (Å²) in [6.07, 6.45) is 0. The zero-order chi connectivity index (χ0) is 17.8. The molecule has 0 bridgehead atoms. The number of hydrogen-bond acceptors (Lipinski definition) is 3. The monoisotopic (exact) mass is 338 g/mol. The first kappa shape index (κ1) is 17.0. The minimum Gasteiger partial charge on any atom is -0.483 e. The van der Waals surface area contributed by atoms with Crippen LogP contribution in [0.1, 0.15) is 29.8 Å². The summed E-state index contributed by atoms with van der Waals surface area (Å²) in [6, 6.07) is 14.5. The van der Waals surface area contributed by atoms with Gasteiger partial charge in [0.15, 0.2) is 6.61 Å². The maximum Gasteiger partial charge on any atom is 0.260 e. The fourth-order valence-electron chi connectivity index (χ4n) is 2.85. The molecule has 2 aromatic carbocycles. The number of carbonyl (C=O) groups is 2. The molecule has 1 N–H and O–H groups in total. The van der Waals surface area contributed by atoms with Gasteiger partial charge in [0.25, 0.3) is 11.8 Å². The highest BCUT2D eigenvalue weighted by molar-refractivity contribution is 6.04. The molecule has 0 unspecified atom stereocenters. The number of anilines is 1. The average Bonchev–Trinajstić information content (AvgIpc) is 2.74. The molecule has 1 aliphatic heterocycles. The standard InChI is InChI=1S/C20H22N2O3/c1-14(2)11-22-12-16-10-17(8-9-18(16)25-13-19(22)23)21-20(24)15-6-4-3-5-7-15/h3-10,14H,11-13H2,1-2H3,(H,21,24). The molecular weight excluding hydrogens is 316 g/mol. The third kappa shape index (κ3) is 4.18. The lowest BCUT2D eigenvalue weighted by atomic mass is 10.1. The van der Waals surface area contributed by atoms with Crippen molar-refractivity contribution in [3.8, 4) is 5.75 Å². The molecule has 0 spiro atoms. The number of fused-ring (bicyclic) bond motifs is 1. The predicted octanol–water partition coefficient (Wildman–Crippen LogP) is 3.32. The van der Waals surface area contributed by atoms with Gasteiger partial charge in [-0.3, -0.25) is 9.59 Å². The van der Waals surface area contributed by atoms with Crippen molar-refractivity contribution >= 4 is 17.5 Å². The van der Waals surface area contributed by atoms with E-state index in [-0.39, 0.29) is 18.4 Å². The molecule has 3 rings (SSSR count). The van der Waals surface area contributed by atoms with Crippen LogP contribution >= 0.6 is 0 Å². The van der Waals surface area contributed by atoms with Gasteiger partial charge in [-0.1, -0.05) is 32.0 Å². The van der Waals surface area contributed by atoms with Crippen molar-refractivity contribution in [1.82, 2.24) is 4.90 Å². The van der Waals surface area contributed by atoms with E-state index >= 15 is 0 Å². The lowest BCUT2D eigenvalue weighted by Gasteiger charge is -2.22. The van der Waals surface area contributed by atoms with Crippen molar-refractivity contribution in [2.75, 3.05) is 18.5 Å². The maximum absolute atomic E-state index is 12.3. The summed E-state index contributed by atoms with van der Waals surface area (Å²) in [6.45, 7) is 5.38. The topological polar surface area (TPSA) is 58.6 Å². The largest absolute Gasteiger partial charge is 0.483 e. The molecule has 1 heterocycles. The molecule has 5 heteroatoms. The van der Waals surface area contributed by atoms with Crippen LogP contribution < -0.4 is 10.1 Å². The first-order chi connectivity index (χ1) is 12.0. The molecule has 2 amide bonds. The summed E-state index contributed by atoms with van der Waals surface area (Å²) in [4.78, 5) is 26.3. The Morgan fingerprint density at radius 1 is 1.20 bits per heavy atom. The van der Waals surface area contributed by atoms with Gasteiger partial charge in [-0.25, -0.2) is 0 Å². The number of nitrogens with one attached hydrogen (secondary N) is 1. The van der Waals surface area contributed by atoms with Crippen molar-refractivity contribution in [2.24, 2.45) is 5.92 Å². The molecule has 0 fully saturated rings. The second-order valence-electron chi connectivity index (χ2n) is 6.60. The highest BCUT2D eigenvalue weighted by Gasteiger charge is 2.22. The summed E-state index contributed by atoms with van der Waals surface area (Å²) in [5, 5.41) is 2.90. The van der Waals surface area contributed by atoms with E-state index in [1.54, 1.807) is 23.1 Å².